The molecule has 2 N–H and O–H groups in total. The lowest BCUT2D eigenvalue weighted by Gasteiger charge is -2.27. The monoisotopic (exact) mass is 275 g/mol. The Bertz CT molecular complexity index is 363. The fourth-order valence-corrected chi connectivity index (χ4v) is 1.73. The number of rotatable bonds is 1. The number of halogens is 2. The van der Waals surface area contributed by atoms with Crippen LogP contribution in [0.25, 0.3) is 0 Å². The van der Waals surface area contributed by atoms with Crippen molar-refractivity contribution < 1.29 is 4.79 Å². The molecule has 0 saturated carbocycles. The molecule has 0 radical (unpaired) electrons. The highest BCUT2D eigenvalue weighted by Gasteiger charge is 2.15. The van der Waals surface area contributed by atoms with Crippen molar-refractivity contribution in [3.05, 3.63) is 29.3 Å². The second-order valence-corrected chi connectivity index (χ2v) is 4.11. The first kappa shape index (κ1) is 14.1. The molecule has 4 nitrogen and oxygen atoms in total. The number of benzene rings is 1. The third-order valence-electron chi connectivity index (χ3n) is 2.50. The predicted octanol–water partition coefficient (Wildman–Crippen LogP) is 2.20. The predicted molar refractivity (Wildman–Crippen MR) is 72.2 cm³/mol. The smallest absolute Gasteiger partial charge is 0.321 e. The lowest BCUT2D eigenvalue weighted by atomic mass is 10.3. The van der Waals surface area contributed by atoms with Crippen LogP contribution in [-0.2, 0) is 0 Å². The SMILES string of the molecule is Cl.O=C(Nc1ccc(Cl)cc1)N1CCNCC1. The van der Waals surface area contributed by atoms with Crippen LogP contribution in [0.2, 0.25) is 5.02 Å². The van der Waals surface area contributed by atoms with E-state index in [1.54, 1.807) is 29.2 Å². The first-order valence-corrected chi connectivity index (χ1v) is 5.66. The highest BCUT2D eigenvalue weighted by molar-refractivity contribution is 6.30. The van der Waals surface area contributed by atoms with Gasteiger partial charge in [0, 0.05) is 36.9 Å². The normalized spacial score (nSPS) is 15.0. The van der Waals surface area contributed by atoms with Gasteiger partial charge in [0.1, 0.15) is 0 Å². The first-order chi connectivity index (χ1) is 7.75. The molecule has 0 aromatic heterocycles. The van der Waals surface area contributed by atoms with Gasteiger partial charge in [-0.25, -0.2) is 4.79 Å². The highest BCUT2D eigenvalue weighted by atomic mass is 35.5. The second kappa shape index (κ2) is 6.69. The van der Waals surface area contributed by atoms with E-state index in [2.05, 4.69) is 10.6 Å². The number of nitrogens with one attached hydrogen (secondary N) is 2. The van der Waals surface area contributed by atoms with Crippen molar-refractivity contribution >= 4 is 35.7 Å². The zero-order valence-corrected chi connectivity index (χ0v) is 10.9. The quantitative estimate of drug-likeness (QED) is 0.826. The van der Waals surface area contributed by atoms with Gasteiger partial charge in [-0.1, -0.05) is 11.6 Å². The van der Waals surface area contributed by atoms with Gasteiger partial charge >= 0.3 is 6.03 Å². The number of nitrogens with zero attached hydrogens (tertiary/aromatic N) is 1. The van der Waals surface area contributed by atoms with E-state index in [1.165, 1.54) is 0 Å². The first-order valence-electron chi connectivity index (χ1n) is 5.28. The Kier molecular flexibility index (Phi) is 5.55. The van der Waals surface area contributed by atoms with E-state index in [4.69, 9.17) is 11.6 Å². The molecule has 0 atom stereocenters. The minimum absolute atomic E-state index is 0. The van der Waals surface area contributed by atoms with Gasteiger partial charge < -0.3 is 15.5 Å². The Morgan fingerprint density at radius 3 is 2.41 bits per heavy atom. The highest BCUT2D eigenvalue weighted by Crippen LogP contribution is 2.13. The molecule has 6 heteroatoms. The fourth-order valence-electron chi connectivity index (χ4n) is 1.60. The third-order valence-corrected chi connectivity index (χ3v) is 2.75. The lowest BCUT2D eigenvalue weighted by Crippen LogP contribution is -2.48. The molecule has 1 saturated heterocycles. The summed E-state index contributed by atoms with van der Waals surface area (Å²) >= 11 is 5.77. The van der Waals surface area contributed by atoms with Gasteiger partial charge in [-0.2, -0.15) is 0 Å². The molecule has 0 aliphatic carbocycles. The summed E-state index contributed by atoms with van der Waals surface area (Å²) < 4.78 is 0. The maximum absolute atomic E-state index is 11.8. The van der Waals surface area contributed by atoms with Gasteiger partial charge in [0.05, 0.1) is 0 Å². The number of anilines is 1. The molecule has 1 aliphatic heterocycles. The van der Waals surface area contributed by atoms with Crippen molar-refractivity contribution in [3.63, 3.8) is 0 Å². The summed E-state index contributed by atoms with van der Waals surface area (Å²) in [7, 11) is 0. The van der Waals surface area contributed by atoms with E-state index >= 15 is 0 Å². The minimum atomic E-state index is -0.0520. The Morgan fingerprint density at radius 2 is 1.82 bits per heavy atom. The Labute approximate surface area is 112 Å². The van der Waals surface area contributed by atoms with Crippen molar-refractivity contribution in [2.45, 2.75) is 0 Å². The number of urea groups is 1. The summed E-state index contributed by atoms with van der Waals surface area (Å²) in [5, 5.41) is 6.71. The standard InChI is InChI=1S/C11H14ClN3O.ClH/c12-9-1-3-10(4-2-9)14-11(16)15-7-5-13-6-8-15;/h1-4,13H,5-8H2,(H,14,16);1H. The van der Waals surface area contributed by atoms with Crippen molar-refractivity contribution in [2.75, 3.05) is 31.5 Å². The lowest BCUT2D eigenvalue weighted by molar-refractivity contribution is 0.204. The number of amides is 2. The minimum Gasteiger partial charge on any atom is -0.322 e. The Hall–Kier alpha value is -0.970. The molecule has 0 unspecified atom stereocenters. The van der Waals surface area contributed by atoms with Crippen LogP contribution in [0.4, 0.5) is 10.5 Å². The molecule has 17 heavy (non-hydrogen) atoms. The maximum atomic E-state index is 11.8. The largest absolute Gasteiger partial charge is 0.322 e. The molecule has 0 spiro atoms. The van der Waals surface area contributed by atoms with Crippen LogP contribution >= 0.6 is 24.0 Å². The molecule has 2 rings (SSSR count). The van der Waals surface area contributed by atoms with Crippen LogP contribution in [0.1, 0.15) is 0 Å². The van der Waals surface area contributed by atoms with Gasteiger partial charge in [0.15, 0.2) is 0 Å². The van der Waals surface area contributed by atoms with E-state index in [0.29, 0.717) is 5.02 Å². The molecule has 1 fully saturated rings. The molecular formula is C11H15Cl2N3O. The fraction of sp³-hybridized carbons (Fsp3) is 0.364. The van der Waals surface area contributed by atoms with Crippen LogP contribution in [0.5, 0.6) is 0 Å². The third kappa shape index (κ3) is 4.07. The summed E-state index contributed by atoms with van der Waals surface area (Å²) in [6.07, 6.45) is 0. The molecule has 2 amide bonds. The van der Waals surface area contributed by atoms with Crippen LogP contribution in [0.3, 0.4) is 0 Å². The van der Waals surface area contributed by atoms with Crippen molar-refractivity contribution in [1.82, 2.24) is 10.2 Å². The van der Waals surface area contributed by atoms with Crippen LogP contribution in [0.15, 0.2) is 24.3 Å². The van der Waals surface area contributed by atoms with E-state index in [1.807, 2.05) is 0 Å². The van der Waals surface area contributed by atoms with Gasteiger partial charge in [-0.15, -0.1) is 12.4 Å². The van der Waals surface area contributed by atoms with Gasteiger partial charge in [-0.05, 0) is 24.3 Å². The zero-order valence-electron chi connectivity index (χ0n) is 9.28. The van der Waals surface area contributed by atoms with E-state index in [9.17, 15) is 4.79 Å². The van der Waals surface area contributed by atoms with E-state index in [0.717, 1.165) is 31.9 Å². The Morgan fingerprint density at radius 1 is 1.24 bits per heavy atom. The number of carbonyl (C=O) groups excluding carboxylic acids is 1. The molecule has 1 aromatic rings. The Balaban J connectivity index is 0.00000144. The average molecular weight is 276 g/mol. The molecule has 1 aliphatic rings. The molecule has 0 bridgehead atoms. The molecule has 94 valence electrons. The molecule has 1 heterocycles. The topological polar surface area (TPSA) is 44.4 Å². The van der Waals surface area contributed by atoms with Gasteiger partial charge in [-0.3, -0.25) is 0 Å². The van der Waals surface area contributed by atoms with Crippen LogP contribution in [0, 0.1) is 0 Å². The second-order valence-electron chi connectivity index (χ2n) is 3.67. The van der Waals surface area contributed by atoms with Gasteiger partial charge in [0.25, 0.3) is 0 Å². The van der Waals surface area contributed by atoms with Crippen LogP contribution < -0.4 is 10.6 Å². The summed E-state index contributed by atoms with van der Waals surface area (Å²) in [5.74, 6) is 0. The summed E-state index contributed by atoms with van der Waals surface area (Å²) in [4.78, 5) is 13.6. The van der Waals surface area contributed by atoms with E-state index < -0.39 is 0 Å². The molecular weight excluding hydrogens is 261 g/mol. The summed E-state index contributed by atoms with van der Waals surface area (Å²) in [5.41, 5.74) is 0.771. The number of carbonyl (C=O) groups is 1. The van der Waals surface area contributed by atoms with E-state index in [-0.39, 0.29) is 18.4 Å². The summed E-state index contributed by atoms with van der Waals surface area (Å²) in [6.45, 7) is 3.21. The average Bonchev–Trinajstić information content (AvgIpc) is 2.33. The molecule has 1 aromatic carbocycles. The van der Waals surface area contributed by atoms with Gasteiger partial charge in [0.2, 0.25) is 0 Å². The number of hydrogen-bond acceptors (Lipinski definition) is 2. The van der Waals surface area contributed by atoms with Crippen molar-refractivity contribution in [3.8, 4) is 0 Å². The summed E-state index contributed by atoms with van der Waals surface area (Å²) in [6, 6.07) is 7.05. The maximum Gasteiger partial charge on any atom is 0.321 e. The van der Waals surface area contributed by atoms with Crippen molar-refractivity contribution in [1.29, 1.82) is 0 Å². The zero-order chi connectivity index (χ0) is 11.4. The number of hydrogen-bond donors (Lipinski definition) is 2. The van der Waals surface area contributed by atoms with Crippen LogP contribution in [-0.4, -0.2) is 37.1 Å². The number of piperazine rings is 1. The van der Waals surface area contributed by atoms with Crippen molar-refractivity contribution in [2.24, 2.45) is 0 Å².